The van der Waals surface area contributed by atoms with Crippen LogP contribution < -0.4 is 11.2 Å². The summed E-state index contributed by atoms with van der Waals surface area (Å²) < 4.78 is 18.7. The maximum Gasteiger partial charge on any atom is 0.330 e. The molecule has 1 aromatic rings. The number of ether oxygens (including phenoxy) is 1. The van der Waals surface area contributed by atoms with Gasteiger partial charge in [0.2, 0.25) is 0 Å². The van der Waals surface area contributed by atoms with Crippen LogP contribution in [0.2, 0.25) is 0 Å². The highest BCUT2D eigenvalue weighted by molar-refractivity contribution is 5.05. The van der Waals surface area contributed by atoms with Gasteiger partial charge in [-0.2, -0.15) is 0 Å². The van der Waals surface area contributed by atoms with Crippen molar-refractivity contribution < 1.29 is 19.3 Å². The Hall–Kier alpha value is -1.51. The van der Waals surface area contributed by atoms with Crippen molar-refractivity contribution >= 4 is 0 Å². The smallest absolute Gasteiger partial charge is 0.330 e. The third kappa shape index (κ3) is 3.82. The molecule has 0 aromatic carbocycles. The minimum atomic E-state index is -0.859. The average Bonchev–Trinajstić information content (AvgIpc) is 2.86. The summed E-state index contributed by atoms with van der Waals surface area (Å²) in [6.45, 7) is -0.724. The van der Waals surface area contributed by atoms with E-state index in [4.69, 9.17) is 9.84 Å². The minimum absolute atomic E-state index is 0.165. The van der Waals surface area contributed by atoms with Crippen LogP contribution in [0.15, 0.2) is 15.8 Å². The molecule has 22 heavy (non-hydrogen) atoms. The number of rotatable bonds is 7. The highest BCUT2D eigenvalue weighted by atomic mass is 19.1. The van der Waals surface area contributed by atoms with Gasteiger partial charge in [-0.3, -0.25) is 18.7 Å². The monoisotopic (exact) mass is 316 g/mol. The fourth-order valence-corrected chi connectivity index (χ4v) is 2.56. The number of aromatic amines is 1. The maximum absolute atomic E-state index is 12.1. The van der Waals surface area contributed by atoms with Gasteiger partial charge in [0.15, 0.2) is 0 Å². The number of nitrogens with one attached hydrogen (secondary N) is 1. The fourth-order valence-electron chi connectivity index (χ4n) is 2.56. The topological polar surface area (TPSA) is 105 Å². The molecule has 0 aliphatic carbocycles. The number of halogens is 1. The zero-order valence-corrected chi connectivity index (χ0v) is 12.2. The van der Waals surface area contributed by atoms with Crippen molar-refractivity contribution in [1.82, 2.24) is 9.55 Å². The zero-order valence-electron chi connectivity index (χ0n) is 12.2. The second kappa shape index (κ2) is 7.66. The first-order valence-electron chi connectivity index (χ1n) is 7.41. The molecule has 1 aliphatic heterocycles. The van der Waals surface area contributed by atoms with E-state index < -0.39 is 29.7 Å². The highest BCUT2D eigenvalue weighted by Gasteiger charge is 2.35. The second-order valence-electron chi connectivity index (χ2n) is 5.44. The van der Waals surface area contributed by atoms with E-state index in [1.807, 2.05) is 0 Å². The van der Waals surface area contributed by atoms with E-state index in [0.717, 1.165) is 0 Å². The lowest BCUT2D eigenvalue weighted by molar-refractivity contribution is -0.0460. The van der Waals surface area contributed by atoms with Gasteiger partial charge in [0.1, 0.15) is 12.3 Å². The first-order chi connectivity index (χ1) is 10.6. The van der Waals surface area contributed by atoms with Gasteiger partial charge in [0.25, 0.3) is 5.56 Å². The van der Waals surface area contributed by atoms with Crippen LogP contribution in [-0.2, 0) is 11.2 Å². The molecular formula is C14H21FN2O5. The summed E-state index contributed by atoms with van der Waals surface area (Å²) >= 11 is 0. The molecule has 8 heteroatoms. The van der Waals surface area contributed by atoms with Crippen LogP contribution in [0.4, 0.5) is 4.39 Å². The van der Waals surface area contributed by atoms with Crippen LogP contribution in [0, 0.1) is 0 Å². The second-order valence-corrected chi connectivity index (χ2v) is 5.44. The molecule has 2 heterocycles. The van der Waals surface area contributed by atoms with E-state index in [-0.39, 0.29) is 19.7 Å². The van der Waals surface area contributed by atoms with Crippen molar-refractivity contribution in [1.29, 1.82) is 0 Å². The van der Waals surface area contributed by atoms with Crippen molar-refractivity contribution in [2.45, 2.75) is 50.5 Å². The van der Waals surface area contributed by atoms with E-state index in [9.17, 15) is 19.1 Å². The van der Waals surface area contributed by atoms with E-state index >= 15 is 0 Å². The van der Waals surface area contributed by atoms with Gasteiger partial charge < -0.3 is 14.9 Å². The summed E-state index contributed by atoms with van der Waals surface area (Å²) in [4.78, 5) is 25.9. The molecule has 0 radical (unpaired) electrons. The molecular weight excluding hydrogens is 295 g/mol. The standard InChI is InChI=1S/C14H21FN2O5/c15-5-3-1-2-4-9-7-17(14(21)16-13(9)20)12-6-10(19)11(8-18)22-12/h7,10-12,18-19H,1-6,8H2,(H,16,20,21)/t10-,11+,12+/m0/s1. The number of aryl methyl sites for hydroxylation is 1. The Bertz CT molecular complexity index is 600. The lowest BCUT2D eigenvalue weighted by atomic mass is 10.1. The van der Waals surface area contributed by atoms with Gasteiger partial charge in [-0.25, -0.2) is 4.79 Å². The Morgan fingerprint density at radius 1 is 1.36 bits per heavy atom. The molecule has 3 atom stereocenters. The summed E-state index contributed by atoms with van der Waals surface area (Å²) in [5.74, 6) is 0. The first kappa shape index (κ1) is 16.9. The number of aliphatic hydroxyl groups is 2. The van der Waals surface area contributed by atoms with Gasteiger partial charge in [0, 0.05) is 18.2 Å². The van der Waals surface area contributed by atoms with E-state index in [1.54, 1.807) is 0 Å². The first-order valence-corrected chi connectivity index (χ1v) is 7.41. The SMILES string of the molecule is O=c1[nH]c(=O)n([C@H]2C[C@H](O)[C@@H](CO)O2)cc1CCCCCF. The lowest BCUT2D eigenvalue weighted by Crippen LogP contribution is -2.34. The number of alkyl halides is 1. The summed E-state index contributed by atoms with van der Waals surface area (Å²) in [6.07, 6.45) is 1.48. The molecule has 3 N–H and O–H groups in total. The van der Waals surface area contributed by atoms with Crippen molar-refractivity contribution in [3.8, 4) is 0 Å². The third-order valence-corrected chi connectivity index (χ3v) is 3.82. The molecule has 0 amide bonds. The molecule has 1 saturated heterocycles. The van der Waals surface area contributed by atoms with Gasteiger partial charge in [-0.15, -0.1) is 0 Å². The quantitative estimate of drug-likeness (QED) is 0.607. The summed E-state index contributed by atoms with van der Waals surface area (Å²) in [5.41, 5.74) is -0.656. The Morgan fingerprint density at radius 3 is 2.77 bits per heavy atom. The van der Waals surface area contributed by atoms with Crippen molar-refractivity contribution in [2.24, 2.45) is 0 Å². The highest BCUT2D eigenvalue weighted by Crippen LogP contribution is 2.27. The number of aliphatic hydroxyl groups excluding tert-OH is 2. The molecule has 0 unspecified atom stereocenters. The van der Waals surface area contributed by atoms with Gasteiger partial charge in [-0.05, 0) is 19.3 Å². The van der Waals surface area contributed by atoms with Crippen LogP contribution in [0.25, 0.3) is 0 Å². The largest absolute Gasteiger partial charge is 0.394 e. The average molecular weight is 316 g/mol. The molecule has 7 nitrogen and oxygen atoms in total. The molecule has 124 valence electrons. The van der Waals surface area contributed by atoms with Crippen molar-refractivity contribution in [2.75, 3.05) is 13.3 Å². The molecule has 1 aliphatic rings. The predicted molar refractivity (Wildman–Crippen MR) is 76.5 cm³/mol. The number of unbranched alkanes of at least 4 members (excludes halogenated alkanes) is 2. The van der Waals surface area contributed by atoms with Crippen molar-refractivity contribution in [3.63, 3.8) is 0 Å². The molecule has 0 spiro atoms. The fraction of sp³-hybridized carbons (Fsp3) is 0.714. The van der Waals surface area contributed by atoms with Crippen LogP contribution in [0.5, 0.6) is 0 Å². The summed E-state index contributed by atoms with van der Waals surface area (Å²) in [5, 5.41) is 18.8. The van der Waals surface area contributed by atoms with Crippen molar-refractivity contribution in [3.05, 3.63) is 32.6 Å². The summed E-state index contributed by atoms with van der Waals surface area (Å²) in [7, 11) is 0. The molecule has 0 saturated carbocycles. The maximum atomic E-state index is 12.1. The number of hydrogen-bond donors (Lipinski definition) is 3. The predicted octanol–water partition coefficient (Wildman–Crippen LogP) is -0.140. The Balaban J connectivity index is 2.15. The molecule has 1 aromatic heterocycles. The van der Waals surface area contributed by atoms with Crippen LogP contribution in [-0.4, -0.2) is 45.3 Å². The number of hydrogen-bond acceptors (Lipinski definition) is 5. The number of nitrogens with zero attached hydrogens (tertiary/aromatic N) is 1. The molecule has 1 fully saturated rings. The Labute approximate surface area is 126 Å². The van der Waals surface area contributed by atoms with Crippen LogP contribution >= 0.6 is 0 Å². The van der Waals surface area contributed by atoms with E-state index in [2.05, 4.69) is 4.98 Å². The zero-order chi connectivity index (χ0) is 16.1. The number of aromatic nitrogens is 2. The van der Waals surface area contributed by atoms with Crippen LogP contribution in [0.3, 0.4) is 0 Å². The number of H-pyrrole nitrogens is 1. The van der Waals surface area contributed by atoms with Gasteiger partial charge in [0.05, 0.1) is 19.4 Å². The van der Waals surface area contributed by atoms with E-state index in [0.29, 0.717) is 31.2 Å². The molecule has 0 bridgehead atoms. The third-order valence-electron chi connectivity index (χ3n) is 3.82. The van der Waals surface area contributed by atoms with Crippen LogP contribution in [0.1, 0.15) is 37.5 Å². The Kier molecular flexibility index (Phi) is 5.87. The minimum Gasteiger partial charge on any atom is -0.394 e. The van der Waals surface area contributed by atoms with Gasteiger partial charge >= 0.3 is 5.69 Å². The Morgan fingerprint density at radius 2 is 2.14 bits per heavy atom. The van der Waals surface area contributed by atoms with E-state index in [1.165, 1.54) is 10.8 Å². The lowest BCUT2D eigenvalue weighted by Gasteiger charge is -2.15. The normalized spacial score (nSPS) is 24.8. The molecule has 2 rings (SSSR count). The van der Waals surface area contributed by atoms with Gasteiger partial charge in [-0.1, -0.05) is 6.42 Å². The summed E-state index contributed by atoms with van der Waals surface area (Å²) in [6, 6.07) is 0.